The maximum absolute atomic E-state index is 12.6. The fourth-order valence-corrected chi connectivity index (χ4v) is 1.79. The molecule has 2 rings (SSSR count). The van der Waals surface area contributed by atoms with Gasteiger partial charge in [0.1, 0.15) is 5.15 Å². The van der Waals surface area contributed by atoms with Gasteiger partial charge in [0, 0.05) is 18.3 Å². The van der Waals surface area contributed by atoms with E-state index in [2.05, 4.69) is 15.1 Å². The Bertz CT molecular complexity index is 592. The van der Waals surface area contributed by atoms with Crippen LogP contribution in [0.25, 0.3) is 11.4 Å². The molecule has 0 bridgehead atoms. The third-order valence-electron chi connectivity index (χ3n) is 2.37. The second-order valence-electron chi connectivity index (χ2n) is 4.15. The lowest BCUT2D eigenvalue weighted by atomic mass is 10.2. The molecule has 0 saturated carbocycles. The van der Waals surface area contributed by atoms with Crippen LogP contribution in [0.3, 0.4) is 0 Å². The topological polar surface area (TPSA) is 43.6 Å². The summed E-state index contributed by atoms with van der Waals surface area (Å²) < 4.78 is 39.5. The van der Waals surface area contributed by atoms with E-state index in [4.69, 9.17) is 11.6 Å². The SMILES string of the molecule is CC(C)n1nccc1-c1cc(Cl)nc(C(F)(F)F)n1. The van der Waals surface area contributed by atoms with Crippen LogP contribution in [-0.2, 0) is 6.18 Å². The van der Waals surface area contributed by atoms with Crippen molar-refractivity contribution in [1.29, 1.82) is 0 Å². The molecule has 0 radical (unpaired) electrons. The Morgan fingerprint density at radius 1 is 1.26 bits per heavy atom. The lowest BCUT2D eigenvalue weighted by molar-refractivity contribution is -0.144. The third kappa shape index (κ3) is 2.86. The van der Waals surface area contributed by atoms with E-state index in [0.29, 0.717) is 5.69 Å². The number of rotatable bonds is 2. The van der Waals surface area contributed by atoms with E-state index in [0.717, 1.165) is 0 Å². The zero-order valence-electron chi connectivity index (χ0n) is 10.1. The van der Waals surface area contributed by atoms with Gasteiger partial charge in [-0.3, -0.25) is 4.68 Å². The first kappa shape index (κ1) is 13.8. The van der Waals surface area contributed by atoms with Gasteiger partial charge in [-0.2, -0.15) is 18.3 Å². The molecule has 0 atom stereocenters. The van der Waals surface area contributed by atoms with Crippen LogP contribution in [0.5, 0.6) is 0 Å². The molecule has 0 aromatic carbocycles. The summed E-state index contributed by atoms with van der Waals surface area (Å²) in [5, 5.41) is 3.79. The van der Waals surface area contributed by atoms with Gasteiger partial charge in [0.05, 0.1) is 11.4 Å². The summed E-state index contributed by atoms with van der Waals surface area (Å²) in [6.07, 6.45) is -3.14. The Balaban J connectivity index is 2.57. The number of halogens is 4. The molecule has 102 valence electrons. The van der Waals surface area contributed by atoms with Crippen LogP contribution in [0.2, 0.25) is 5.15 Å². The van der Waals surface area contributed by atoms with Crippen LogP contribution < -0.4 is 0 Å². The monoisotopic (exact) mass is 290 g/mol. The highest BCUT2D eigenvalue weighted by molar-refractivity contribution is 6.29. The van der Waals surface area contributed by atoms with E-state index in [1.807, 2.05) is 13.8 Å². The summed E-state index contributed by atoms with van der Waals surface area (Å²) in [4.78, 5) is 6.70. The zero-order valence-corrected chi connectivity index (χ0v) is 10.9. The Morgan fingerprint density at radius 2 is 1.95 bits per heavy atom. The summed E-state index contributed by atoms with van der Waals surface area (Å²) in [6.45, 7) is 3.73. The van der Waals surface area contributed by atoms with Crippen LogP contribution in [-0.4, -0.2) is 19.7 Å². The molecule has 4 nitrogen and oxygen atoms in total. The average Bonchev–Trinajstić information content (AvgIpc) is 2.75. The highest BCUT2D eigenvalue weighted by atomic mass is 35.5. The molecule has 0 saturated heterocycles. The maximum Gasteiger partial charge on any atom is 0.451 e. The number of aromatic nitrogens is 4. The van der Waals surface area contributed by atoms with Gasteiger partial charge in [-0.1, -0.05) is 11.6 Å². The van der Waals surface area contributed by atoms with E-state index in [9.17, 15) is 13.2 Å². The van der Waals surface area contributed by atoms with Gasteiger partial charge in [-0.25, -0.2) is 9.97 Å². The lowest BCUT2D eigenvalue weighted by Crippen LogP contribution is -2.13. The van der Waals surface area contributed by atoms with Gasteiger partial charge in [0.2, 0.25) is 5.82 Å². The molecule has 0 fully saturated rings. The number of hydrogen-bond donors (Lipinski definition) is 0. The van der Waals surface area contributed by atoms with E-state index >= 15 is 0 Å². The van der Waals surface area contributed by atoms with E-state index in [1.165, 1.54) is 12.3 Å². The van der Waals surface area contributed by atoms with Gasteiger partial charge in [0.25, 0.3) is 0 Å². The van der Waals surface area contributed by atoms with Crippen molar-refractivity contribution in [2.24, 2.45) is 0 Å². The Kier molecular flexibility index (Phi) is 3.49. The van der Waals surface area contributed by atoms with Gasteiger partial charge in [-0.05, 0) is 19.9 Å². The average molecular weight is 291 g/mol. The summed E-state index contributed by atoms with van der Waals surface area (Å²) >= 11 is 5.62. The molecule has 2 aromatic rings. The van der Waals surface area contributed by atoms with Crippen molar-refractivity contribution in [2.75, 3.05) is 0 Å². The normalized spacial score (nSPS) is 12.2. The Hall–Kier alpha value is -1.63. The molecule has 0 N–H and O–H groups in total. The van der Waals surface area contributed by atoms with Gasteiger partial charge in [0.15, 0.2) is 0 Å². The second kappa shape index (κ2) is 4.80. The number of hydrogen-bond acceptors (Lipinski definition) is 3. The fraction of sp³-hybridized carbons (Fsp3) is 0.364. The molecule has 19 heavy (non-hydrogen) atoms. The molecular formula is C11H10ClF3N4. The van der Waals surface area contributed by atoms with Gasteiger partial charge < -0.3 is 0 Å². The van der Waals surface area contributed by atoms with Crippen molar-refractivity contribution in [3.8, 4) is 11.4 Å². The van der Waals surface area contributed by atoms with Crippen LogP contribution in [0, 0.1) is 0 Å². The van der Waals surface area contributed by atoms with Crippen molar-refractivity contribution in [2.45, 2.75) is 26.1 Å². The zero-order chi connectivity index (χ0) is 14.2. The highest BCUT2D eigenvalue weighted by Gasteiger charge is 2.35. The van der Waals surface area contributed by atoms with Crippen LogP contribution in [0.15, 0.2) is 18.3 Å². The summed E-state index contributed by atoms with van der Waals surface area (Å²) in [6, 6.07) is 2.86. The molecule has 0 unspecified atom stereocenters. The molecule has 8 heteroatoms. The minimum Gasteiger partial charge on any atom is -0.261 e. The summed E-state index contributed by atoms with van der Waals surface area (Å²) in [5.41, 5.74) is 0.559. The number of alkyl halides is 3. The van der Waals surface area contributed by atoms with E-state index in [-0.39, 0.29) is 16.9 Å². The van der Waals surface area contributed by atoms with Crippen molar-refractivity contribution >= 4 is 11.6 Å². The van der Waals surface area contributed by atoms with Crippen LogP contribution >= 0.6 is 11.6 Å². The first-order chi connectivity index (χ1) is 8.79. The molecule has 0 aliphatic carbocycles. The van der Waals surface area contributed by atoms with Crippen molar-refractivity contribution in [3.63, 3.8) is 0 Å². The second-order valence-corrected chi connectivity index (χ2v) is 4.54. The minimum atomic E-state index is -4.64. The first-order valence-electron chi connectivity index (χ1n) is 5.44. The molecule has 0 aliphatic heterocycles. The predicted molar refractivity (Wildman–Crippen MR) is 63.7 cm³/mol. The van der Waals surface area contributed by atoms with Gasteiger partial charge in [-0.15, -0.1) is 0 Å². The third-order valence-corrected chi connectivity index (χ3v) is 2.56. The highest BCUT2D eigenvalue weighted by Crippen LogP contribution is 2.30. The summed E-state index contributed by atoms with van der Waals surface area (Å²) in [7, 11) is 0. The van der Waals surface area contributed by atoms with Crippen molar-refractivity contribution in [3.05, 3.63) is 29.3 Å². The molecule has 0 amide bonds. The molecule has 2 aromatic heterocycles. The lowest BCUT2D eigenvalue weighted by Gasteiger charge is -2.12. The van der Waals surface area contributed by atoms with E-state index in [1.54, 1.807) is 10.7 Å². The molecule has 2 heterocycles. The standard InChI is InChI=1S/C11H10ClF3N4/c1-6(2)19-8(3-4-16-19)7-5-9(12)18-10(17-7)11(13,14)15/h3-6H,1-2H3. The first-order valence-corrected chi connectivity index (χ1v) is 5.82. The summed E-state index contributed by atoms with van der Waals surface area (Å²) in [5.74, 6) is -1.26. The smallest absolute Gasteiger partial charge is 0.261 e. The number of nitrogens with zero attached hydrogens (tertiary/aromatic N) is 4. The molecule has 0 aliphatic rings. The Morgan fingerprint density at radius 3 is 2.53 bits per heavy atom. The van der Waals surface area contributed by atoms with Crippen LogP contribution in [0.1, 0.15) is 25.7 Å². The van der Waals surface area contributed by atoms with Crippen molar-refractivity contribution < 1.29 is 13.2 Å². The minimum absolute atomic E-state index is 0.00641. The van der Waals surface area contributed by atoms with Crippen LogP contribution in [0.4, 0.5) is 13.2 Å². The quantitative estimate of drug-likeness (QED) is 0.794. The maximum atomic E-state index is 12.6. The van der Waals surface area contributed by atoms with E-state index < -0.39 is 12.0 Å². The Labute approximate surface area is 112 Å². The fourth-order valence-electron chi connectivity index (χ4n) is 1.60. The largest absolute Gasteiger partial charge is 0.451 e. The van der Waals surface area contributed by atoms with Crippen molar-refractivity contribution in [1.82, 2.24) is 19.7 Å². The predicted octanol–water partition coefficient (Wildman–Crippen LogP) is 3.59. The van der Waals surface area contributed by atoms with Gasteiger partial charge >= 0.3 is 6.18 Å². The molecule has 0 spiro atoms. The molecular weight excluding hydrogens is 281 g/mol.